The van der Waals surface area contributed by atoms with Crippen LogP contribution >= 0.6 is 15.9 Å². The van der Waals surface area contributed by atoms with Crippen LogP contribution in [0.25, 0.3) is 0 Å². The summed E-state index contributed by atoms with van der Waals surface area (Å²) in [6.07, 6.45) is 1.66. The van der Waals surface area contributed by atoms with Crippen LogP contribution < -0.4 is 10.5 Å². The number of sulfonamides is 1. The Labute approximate surface area is 128 Å². The van der Waals surface area contributed by atoms with Crippen LogP contribution in [-0.2, 0) is 10.0 Å². The van der Waals surface area contributed by atoms with Crippen LogP contribution in [0.4, 0.5) is 10.1 Å². The average molecular weight is 367 g/mol. The molecule has 0 aliphatic rings. The van der Waals surface area contributed by atoms with Gasteiger partial charge in [0.1, 0.15) is 4.90 Å². The fourth-order valence-electron chi connectivity index (χ4n) is 1.93. The Morgan fingerprint density at radius 1 is 1.40 bits per heavy atom. The van der Waals surface area contributed by atoms with Crippen LogP contribution in [0.1, 0.15) is 33.6 Å². The van der Waals surface area contributed by atoms with Gasteiger partial charge in [0.05, 0.1) is 4.47 Å². The maximum atomic E-state index is 13.9. The molecule has 0 aromatic heterocycles. The molecule has 0 amide bonds. The van der Waals surface area contributed by atoms with E-state index in [4.69, 9.17) is 5.73 Å². The molecule has 4 nitrogen and oxygen atoms in total. The maximum Gasteiger partial charge on any atom is 0.243 e. The lowest BCUT2D eigenvalue weighted by molar-refractivity contribution is 0.444. The van der Waals surface area contributed by atoms with Gasteiger partial charge in [-0.1, -0.05) is 20.3 Å². The van der Waals surface area contributed by atoms with Crippen LogP contribution in [0.15, 0.2) is 21.5 Å². The molecule has 1 rings (SSSR count). The van der Waals surface area contributed by atoms with E-state index in [1.807, 2.05) is 13.8 Å². The molecule has 7 heteroatoms. The van der Waals surface area contributed by atoms with Gasteiger partial charge in [-0.15, -0.1) is 0 Å². The van der Waals surface area contributed by atoms with Crippen molar-refractivity contribution in [3.63, 3.8) is 0 Å². The summed E-state index contributed by atoms with van der Waals surface area (Å²) < 4.78 is 40.9. The van der Waals surface area contributed by atoms with E-state index >= 15 is 0 Å². The van der Waals surface area contributed by atoms with Crippen molar-refractivity contribution in [3.8, 4) is 0 Å². The lowest BCUT2D eigenvalue weighted by atomic mass is 10.0. The zero-order chi connectivity index (χ0) is 15.5. The molecule has 2 unspecified atom stereocenters. The van der Waals surface area contributed by atoms with Gasteiger partial charge in [0, 0.05) is 11.7 Å². The summed E-state index contributed by atoms with van der Waals surface area (Å²) in [6, 6.07) is 2.18. The van der Waals surface area contributed by atoms with Gasteiger partial charge in [0.15, 0.2) is 5.82 Å². The Morgan fingerprint density at radius 3 is 2.55 bits per heavy atom. The molecule has 1 aromatic rings. The van der Waals surface area contributed by atoms with Crippen LogP contribution in [0, 0.1) is 11.7 Å². The highest BCUT2D eigenvalue weighted by Crippen LogP contribution is 2.26. The quantitative estimate of drug-likeness (QED) is 0.758. The Kier molecular flexibility index (Phi) is 5.97. The minimum absolute atomic E-state index is 0.0347. The molecule has 0 aliphatic carbocycles. The van der Waals surface area contributed by atoms with Crippen LogP contribution in [0.2, 0.25) is 0 Å². The molecule has 0 saturated carbocycles. The Balaban J connectivity index is 3.00. The fraction of sp³-hybridized carbons (Fsp3) is 0.538. The van der Waals surface area contributed by atoms with E-state index in [-0.39, 0.29) is 16.2 Å². The number of nitrogens with two attached hydrogens (primary N) is 1. The monoisotopic (exact) mass is 366 g/mol. The number of rotatable bonds is 6. The molecule has 0 saturated heterocycles. The van der Waals surface area contributed by atoms with E-state index < -0.39 is 20.7 Å². The molecule has 3 N–H and O–H groups in total. The first-order valence-corrected chi connectivity index (χ1v) is 8.71. The average Bonchev–Trinajstić information content (AvgIpc) is 2.32. The van der Waals surface area contributed by atoms with Gasteiger partial charge in [-0.2, -0.15) is 0 Å². The SMILES string of the molecule is CCC(C)CC(C)NS(=O)(=O)c1cc(N)cc(Br)c1F. The molecule has 0 spiro atoms. The van der Waals surface area contributed by atoms with Gasteiger partial charge in [0.2, 0.25) is 10.0 Å². The smallest absolute Gasteiger partial charge is 0.243 e. The van der Waals surface area contributed by atoms with E-state index in [1.165, 1.54) is 6.07 Å². The number of halogens is 2. The molecule has 0 fully saturated rings. The van der Waals surface area contributed by atoms with E-state index in [0.29, 0.717) is 12.3 Å². The van der Waals surface area contributed by atoms with Crippen molar-refractivity contribution >= 4 is 31.6 Å². The highest BCUT2D eigenvalue weighted by atomic mass is 79.9. The topological polar surface area (TPSA) is 72.2 Å². The lowest BCUT2D eigenvalue weighted by Crippen LogP contribution is -2.34. The summed E-state index contributed by atoms with van der Waals surface area (Å²) in [5, 5.41) is 0. The summed E-state index contributed by atoms with van der Waals surface area (Å²) in [5.74, 6) is -0.437. The molecule has 114 valence electrons. The molecular formula is C13H20BrFN2O2S. The maximum absolute atomic E-state index is 13.9. The van der Waals surface area contributed by atoms with Gasteiger partial charge in [-0.05, 0) is 47.3 Å². The van der Waals surface area contributed by atoms with Crippen molar-refractivity contribution in [2.45, 2.75) is 44.6 Å². The number of hydrogen-bond acceptors (Lipinski definition) is 3. The number of hydrogen-bond donors (Lipinski definition) is 2. The first-order chi connectivity index (χ1) is 9.17. The third kappa shape index (κ3) is 4.43. The fourth-order valence-corrected chi connectivity index (χ4v) is 3.93. The summed E-state index contributed by atoms with van der Waals surface area (Å²) in [5.41, 5.74) is 5.76. The van der Waals surface area contributed by atoms with Crippen molar-refractivity contribution in [1.29, 1.82) is 0 Å². The summed E-state index contributed by atoms with van der Waals surface area (Å²) in [4.78, 5) is -0.430. The zero-order valence-electron chi connectivity index (χ0n) is 11.8. The van der Waals surface area contributed by atoms with E-state index in [0.717, 1.165) is 12.5 Å². The molecule has 0 radical (unpaired) electrons. The predicted octanol–water partition coefficient (Wildman–Crippen LogP) is 3.27. The standard InChI is InChI=1S/C13H20BrFN2O2S/c1-4-8(2)5-9(3)17-20(18,19)12-7-10(16)6-11(14)13(12)15/h6-9,17H,4-5,16H2,1-3H3. The largest absolute Gasteiger partial charge is 0.399 e. The van der Waals surface area contributed by atoms with Gasteiger partial charge < -0.3 is 5.73 Å². The minimum atomic E-state index is -3.92. The van der Waals surface area contributed by atoms with Crippen molar-refractivity contribution in [2.75, 3.05) is 5.73 Å². The summed E-state index contributed by atoms with van der Waals surface area (Å²) >= 11 is 2.96. The molecule has 1 aromatic carbocycles. The molecular weight excluding hydrogens is 347 g/mol. The van der Waals surface area contributed by atoms with Gasteiger partial charge >= 0.3 is 0 Å². The van der Waals surface area contributed by atoms with Crippen LogP contribution in [-0.4, -0.2) is 14.5 Å². The summed E-state index contributed by atoms with van der Waals surface area (Å²) in [6.45, 7) is 5.85. The third-order valence-electron chi connectivity index (χ3n) is 3.12. The first-order valence-electron chi connectivity index (χ1n) is 6.44. The molecule has 0 bridgehead atoms. The van der Waals surface area contributed by atoms with Gasteiger partial charge in [-0.25, -0.2) is 17.5 Å². The van der Waals surface area contributed by atoms with E-state index in [1.54, 1.807) is 6.92 Å². The lowest BCUT2D eigenvalue weighted by Gasteiger charge is -2.18. The van der Waals surface area contributed by atoms with Gasteiger partial charge in [0.25, 0.3) is 0 Å². The highest BCUT2D eigenvalue weighted by Gasteiger charge is 2.24. The van der Waals surface area contributed by atoms with E-state index in [9.17, 15) is 12.8 Å². The zero-order valence-corrected chi connectivity index (χ0v) is 14.2. The minimum Gasteiger partial charge on any atom is -0.399 e. The number of benzene rings is 1. The first kappa shape index (κ1) is 17.4. The second-order valence-electron chi connectivity index (χ2n) is 5.09. The van der Waals surface area contributed by atoms with Crippen molar-refractivity contribution < 1.29 is 12.8 Å². The highest BCUT2D eigenvalue weighted by molar-refractivity contribution is 9.10. The van der Waals surface area contributed by atoms with Gasteiger partial charge in [-0.3, -0.25) is 0 Å². The second kappa shape index (κ2) is 6.87. The Bertz CT molecular complexity index is 578. The Hall–Kier alpha value is -0.660. The number of nitrogens with one attached hydrogen (secondary N) is 1. The normalized spacial score (nSPS) is 15.1. The van der Waals surface area contributed by atoms with Crippen molar-refractivity contribution in [3.05, 3.63) is 22.4 Å². The second-order valence-corrected chi connectivity index (χ2v) is 7.62. The third-order valence-corrected chi connectivity index (χ3v) is 5.28. The molecule has 2 atom stereocenters. The predicted molar refractivity (Wildman–Crippen MR) is 82.4 cm³/mol. The molecule has 20 heavy (non-hydrogen) atoms. The molecule has 0 aliphatic heterocycles. The molecule has 0 heterocycles. The van der Waals surface area contributed by atoms with Crippen LogP contribution in [0.3, 0.4) is 0 Å². The van der Waals surface area contributed by atoms with Crippen molar-refractivity contribution in [1.82, 2.24) is 4.72 Å². The number of anilines is 1. The van der Waals surface area contributed by atoms with E-state index in [2.05, 4.69) is 20.7 Å². The number of nitrogen functional groups attached to an aromatic ring is 1. The van der Waals surface area contributed by atoms with Crippen LogP contribution in [0.5, 0.6) is 0 Å². The summed E-state index contributed by atoms with van der Waals surface area (Å²) in [7, 11) is -3.92. The Morgan fingerprint density at radius 2 is 2.00 bits per heavy atom. The van der Waals surface area contributed by atoms with Crippen molar-refractivity contribution in [2.24, 2.45) is 5.92 Å².